The summed E-state index contributed by atoms with van der Waals surface area (Å²) >= 11 is 2.82. The zero-order chi connectivity index (χ0) is 25.2. The topological polar surface area (TPSA) is 106 Å². The third-order valence-electron chi connectivity index (χ3n) is 5.29. The van der Waals surface area contributed by atoms with Gasteiger partial charge >= 0.3 is 5.97 Å². The highest BCUT2D eigenvalue weighted by atomic mass is 32.1. The number of ether oxygens (including phenoxy) is 1. The van der Waals surface area contributed by atoms with Gasteiger partial charge in [0.2, 0.25) is 0 Å². The number of anilines is 2. The number of rotatable bonds is 9. The summed E-state index contributed by atoms with van der Waals surface area (Å²) in [6.07, 6.45) is 0. The van der Waals surface area contributed by atoms with Crippen LogP contribution in [0.5, 0.6) is 0 Å². The number of fused-ring (bicyclic) bond motifs is 1. The Bertz CT molecular complexity index is 1420. The quantitative estimate of drug-likeness (QED) is 0.233. The first-order chi connectivity index (χ1) is 16.6. The lowest BCUT2D eigenvalue weighted by Crippen LogP contribution is -2.23. The van der Waals surface area contributed by atoms with Crippen LogP contribution in [0.15, 0.2) is 40.7 Å². The molecule has 0 aliphatic carbocycles. The Kier molecular flexibility index (Phi) is 7.45. The summed E-state index contributed by atoms with van der Waals surface area (Å²) in [5.41, 5.74) is 1.93. The molecular formula is C23H28N6O3S2Si. The lowest BCUT2D eigenvalue weighted by molar-refractivity contribution is 0.0691. The molecule has 3 aromatic heterocycles. The van der Waals surface area contributed by atoms with E-state index in [1.807, 2.05) is 25.1 Å². The molecule has 0 bridgehead atoms. The molecule has 0 aliphatic rings. The Morgan fingerprint density at radius 1 is 1.26 bits per heavy atom. The van der Waals surface area contributed by atoms with E-state index in [9.17, 15) is 4.79 Å². The van der Waals surface area contributed by atoms with E-state index in [0.717, 1.165) is 33.2 Å². The molecule has 0 saturated heterocycles. The van der Waals surface area contributed by atoms with E-state index >= 15 is 0 Å². The molecule has 1 N–H and O–H groups in total. The van der Waals surface area contributed by atoms with E-state index in [1.54, 1.807) is 23.3 Å². The number of nitrogens with zero attached hydrogens (tertiary/aromatic N) is 6. The summed E-state index contributed by atoms with van der Waals surface area (Å²) in [5.74, 6) is 0.0277. The lowest BCUT2D eigenvalue weighted by Gasteiger charge is -2.16. The first-order valence-electron chi connectivity index (χ1n) is 11.1. The fraction of sp³-hybridized carbons (Fsp3) is 0.348. The van der Waals surface area contributed by atoms with Crippen LogP contribution >= 0.6 is 22.7 Å². The van der Waals surface area contributed by atoms with Crippen molar-refractivity contribution in [2.24, 2.45) is 4.99 Å². The molecule has 0 spiro atoms. The van der Waals surface area contributed by atoms with Gasteiger partial charge in [-0.05, 0) is 36.7 Å². The van der Waals surface area contributed by atoms with Crippen LogP contribution in [0.3, 0.4) is 0 Å². The first-order valence-corrected chi connectivity index (χ1v) is 16.5. The SMILES string of the molecule is Cc1cc(N(C)c2nc(C(=O)O)cs2)nnc1/N=c1\sc2ccccc2n1COCC[Si](C)(C)C. The standard InChI is InChI=1S/C23H28N6O3S2Si/c1-15-12-19(28(2)22-24-16(13-33-22)21(30)31)26-27-20(15)25-23-29(14-32-10-11-35(3,4)5)17-8-6-7-9-18(17)34-23/h6-9,12-13H,10-11,14H2,1-5H3,(H,30,31)/b25-23-. The Morgan fingerprint density at radius 2 is 2.03 bits per heavy atom. The fourth-order valence-electron chi connectivity index (χ4n) is 3.21. The third kappa shape index (κ3) is 6.01. The van der Waals surface area contributed by atoms with Crippen LogP contribution in [0.1, 0.15) is 16.1 Å². The van der Waals surface area contributed by atoms with Gasteiger partial charge in [0.15, 0.2) is 27.3 Å². The smallest absolute Gasteiger partial charge is 0.355 e. The van der Waals surface area contributed by atoms with Gasteiger partial charge in [0.1, 0.15) is 6.73 Å². The van der Waals surface area contributed by atoms with Crippen molar-refractivity contribution < 1.29 is 14.6 Å². The molecule has 4 aromatic rings. The molecule has 35 heavy (non-hydrogen) atoms. The number of para-hydroxylation sites is 1. The van der Waals surface area contributed by atoms with Crippen molar-refractivity contribution in [2.45, 2.75) is 39.3 Å². The van der Waals surface area contributed by atoms with E-state index < -0.39 is 14.0 Å². The number of thiazole rings is 2. The van der Waals surface area contributed by atoms with Gasteiger partial charge in [0, 0.05) is 27.1 Å². The highest BCUT2D eigenvalue weighted by molar-refractivity contribution is 7.16. The molecule has 0 amide bonds. The second-order valence-electron chi connectivity index (χ2n) is 9.33. The van der Waals surface area contributed by atoms with E-state index in [4.69, 9.17) is 14.8 Å². The normalized spacial score (nSPS) is 12.4. The van der Waals surface area contributed by atoms with Crippen molar-refractivity contribution in [3.05, 3.63) is 51.8 Å². The third-order valence-corrected chi connectivity index (χ3v) is 8.97. The molecule has 0 aliphatic heterocycles. The van der Waals surface area contributed by atoms with Gasteiger partial charge in [0.05, 0.1) is 10.2 Å². The number of benzene rings is 1. The van der Waals surface area contributed by atoms with Gasteiger partial charge in [-0.25, -0.2) is 9.78 Å². The van der Waals surface area contributed by atoms with Crippen molar-refractivity contribution in [3.63, 3.8) is 0 Å². The minimum atomic E-state index is -1.17. The van der Waals surface area contributed by atoms with Crippen LogP contribution in [0, 0.1) is 6.92 Å². The molecule has 0 saturated carbocycles. The van der Waals surface area contributed by atoms with E-state index in [2.05, 4.69) is 51.5 Å². The average Bonchev–Trinajstić information content (AvgIpc) is 3.42. The van der Waals surface area contributed by atoms with Crippen LogP contribution in [0.2, 0.25) is 25.7 Å². The van der Waals surface area contributed by atoms with E-state index in [1.165, 1.54) is 16.7 Å². The van der Waals surface area contributed by atoms with Crippen molar-refractivity contribution in [1.82, 2.24) is 19.7 Å². The van der Waals surface area contributed by atoms with E-state index in [-0.39, 0.29) is 5.69 Å². The molecule has 0 radical (unpaired) electrons. The molecule has 4 rings (SSSR count). The molecule has 3 heterocycles. The monoisotopic (exact) mass is 528 g/mol. The maximum atomic E-state index is 11.1. The van der Waals surface area contributed by atoms with Crippen molar-refractivity contribution in [1.29, 1.82) is 0 Å². The molecule has 1 aromatic carbocycles. The Morgan fingerprint density at radius 3 is 2.71 bits per heavy atom. The predicted molar refractivity (Wildman–Crippen MR) is 143 cm³/mol. The number of aryl methyl sites for hydroxylation is 1. The molecule has 0 fully saturated rings. The number of hydrogen-bond acceptors (Lipinski definition) is 9. The maximum absolute atomic E-state index is 11.1. The minimum absolute atomic E-state index is 0.00882. The molecule has 9 nitrogen and oxygen atoms in total. The summed E-state index contributed by atoms with van der Waals surface area (Å²) in [6.45, 7) is 10.1. The largest absolute Gasteiger partial charge is 0.476 e. The molecular weight excluding hydrogens is 501 g/mol. The maximum Gasteiger partial charge on any atom is 0.355 e. The van der Waals surface area contributed by atoms with Gasteiger partial charge in [-0.1, -0.05) is 43.1 Å². The summed E-state index contributed by atoms with van der Waals surface area (Å²) < 4.78 is 9.25. The minimum Gasteiger partial charge on any atom is -0.476 e. The van der Waals surface area contributed by atoms with Crippen LogP contribution in [0.25, 0.3) is 10.2 Å². The number of carboxylic acid groups (broad SMARTS) is 1. The molecule has 0 unspecified atom stereocenters. The predicted octanol–water partition coefficient (Wildman–Crippen LogP) is 5.27. The van der Waals surface area contributed by atoms with Gasteiger partial charge in [-0.3, -0.25) is 4.57 Å². The fourth-order valence-corrected chi connectivity index (χ4v) is 5.76. The summed E-state index contributed by atoms with van der Waals surface area (Å²) in [7, 11) is 0.611. The van der Waals surface area contributed by atoms with Gasteiger partial charge < -0.3 is 14.7 Å². The number of hydrogen-bond donors (Lipinski definition) is 1. The second kappa shape index (κ2) is 10.4. The number of aromatic nitrogens is 4. The van der Waals surface area contributed by atoms with E-state index in [0.29, 0.717) is 23.5 Å². The number of aromatic carboxylic acids is 1. The average molecular weight is 529 g/mol. The first kappa shape index (κ1) is 25.2. The molecule has 0 atom stereocenters. The zero-order valence-electron chi connectivity index (χ0n) is 20.3. The second-order valence-corrected chi connectivity index (χ2v) is 16.8. The summed E-state index contributed by atoms with van der Waals surface area (Å²) in [5, 5.41) is 19.8. The number of carbonyl (C=O) groups is 1. The van der Waals surface area contributed by atoms with Crippen molar-refractivity contribution in [2.75, 3.05) is 18.6 Å². The van der Waals surface area contributed by atoms with Gasteiger partial charge in [-0.2, -0.15) is 4.99 Å². The Hall–Kier alpha value is -2.93. The Balaban J connectivity index is 1.62. The lowest BCUT2D eigenvalue weighted by atomic mass is 10.3. The van der Waals surface area contributed by atoms with Gasteiger partial charge in [-0.15, -0.1) is 21.5 Å². The van der Waals surface area contributed by atoms with Crippen LogP contribution in [-0.2, 0) is 11.5 Å². The van der Waals surface area contributed by atoms with Crippen LogP contribution < -0.4 is 9.70 Å². The molecule has 184 valence electrons. The van der Waals surface area contributed by atoms with Crippen LogP contribution in [-0.4, -0.2) is 52.6 Å². The Labute approximate surface area is 212 Å². The van der Waals surface area contributed by atoms with Crippen LogP contribution in [0.4, 0.5) is 16.8 Å². The van der Waals surface area contributed by atoms with Crippen molar-refractivity contribution >= 4 is 63.7 Å². The number of carboxylic acids is 1. The highest BCUT2D eigenvalue weighted by Crippen LogP contribution is 2.27. The summed E-state index contributed by atoms with van der Waals surface area (Å²) in [6, 6.07) is 11.2. The zero-order valence-corrected chi connectivity index (χ0v) is 23.0. The van der Waals surface area contributed by atoms with Crippen molar-refractivity contribution in [3.8, 4) is 0 Å². The molecule has 12 heteroatoms. The summed E-state index contributed by atoms with van der Waals surface area (Å²) in [4.78, 5) is 22.6. The highest BCUT2D eigenvalue weighted by Gasteiger charge is 2.16. The van der Waals surface area contributed by atoms with Gasteiger partial charge in [0.25, 0.3) is 0 Å².